The molecule has 5 rings (SSSR count). The molecule has 1 saturated heterocycles. The molecule has 1 N–H and O–H groups in total. The summed E-state index contributed by atoms with van der Waals surface area (Å²) in [5.41, 5.74) is 0.321. The number of anilines is 1. The number of alkyl halides is 2. The maximum Gasteiger partial charge on any atom is 0.291 e. The van der Waals surface area contributed by atoms with E-state index in [0.29, 0.717) is 66.9 Å². The number of nitriles is 1. The number of nitrogens with zero attached hydrogens (tertiary/aromatic N) is 7. The normalized spacial score (nSPS) is 18.1. The number of likely N-dealkylation sites (tertiary alicyclic amines) is 1. The van der Waals surface area contributed by atoms with Gasteiger partial charge in [-0.2, -0.15) is 15.1 Å². The van der Waals surface area contributed by atoms with Crippen LogP contribution < -0.4 is 9.62 Å². The molecule has 1 amide bonds. The maximum absolute atomic E-state index is 13.6. The zero-order valence-corrected chi connectivity index (χ0v) is 24.9. The summed E-state index contributed by atoms with van der Waals surface area (Å²) < 4.78 is 58.1. The summed E-state index contributed by atoms with van der Waals surface area (Å²) in [5, 5.41) is 21.8. The van der Waals surface area contributed by atoms with E-state index >= 15 is 0 Å². The molecule has 0 radical (unpaired) electrons. The minimum atomic E-state index is -4.14. The van der Waals surface area contributed by atoms with E-state index < -0.39 is 27.0 Å². The van der Waals surface area contributed by atoms with Crippen LogP contribution in [0.2, 0.25) is 0 Å². The molecule has 3 aromatic rings. The first kappa shape index (κ1) is 29.3. The van der Waals surface area contributed by atoms with Crippen molar-refractivity contribution in [2.24, 2.45) is 5.92 Å². The van der Waals surface area contributed by atoms with Crippen LogP contribution in [0, 0.1) is 17.2 Å². The van der Waals surface area contributed by atoms with Gasteiger partial charge in [-0.15, -0.1) is 10.2 Å². The topological polar surface area (TPSA) is 137 Å². The number of rotatable bonds is 11. The molecule has 1 saturated carbocycles. The van der Waals surface area contributed by atoms with E-state index in [2.05, 4.69) is 26.1 Å². The fraction of sp³-hybridized carbons (Fsp3) is 0.577. The van der Waals surface area contributed by atoms with E-state index in [1.165, 1.54) is 6.07 Å². The first-order valence-corrected chi connectivity index (χ1v) is 15.9. The van der Waals surface area contributed by atoms with Gasteiger partial charge in [0.05, 0.1) is 28.2 Å². The van der Waals surface area contributed by atoms with Gasteiger partial charge in [0.1, 0.15) is 11.2 Å². The first-order valence-electron chi connectivity index (χ1n) is 13.6. The number of nitrogens with one attached hydrogen (secondary N) is 1. The van der Waals surface area contributed by atoms with Crippen molar-refractivity contribution in [2.75, 3.05) is 24.5 Å². The zero-order valence-electron chi connectivity index (χ0n) is 23.3. The molecule has 3 heterocycles. The van der Waals surface area contributed by atoms with Crippen LogP contribution in [-0.4, -0.2) is 70.4 Å². The Morgan fingerprint density at radius 3 is 2.54 bits per heavy atom. The number of carbonyl (C=O) groups is 1. The lowest BCUT2D eigenvalue weighted by molar-refractivity contribution is -0.141. The van der Waals surface area contributed by atoms with Crippen LogP contribution in [0.5, 0.6) is 0 Å². The van der Waals surface area contributed by atoms with E-state index in [-0.39, 0.29) is 33.5 Å². The summed E-state index contributed by atoms with van der Waals surface area (Å²) in [7, 11) is -4.14. The van der Waals surface area contributed by atoms with E-state index in [4.69, 9.17) is 0 Å². The van der Waals surface area contributed by atoms with Gasteiger partial charge in [-0.25, -0.2) is 17.2 Å². The minimum Gasteiger partial charge on any atom is -0.368 e. The molecule has 0 spiro atoms. The Labute approximate surface area is 241 Å². The molecule has 41 heavy (non-hydrogen) atoms. The molecule has 220 valence electrons. The highest BCUT2D eigenvalue weighted by molar-refractivity contribution is 7.89. The van der Waals surface area contributed by atoms with Crippen molar-refractivity contribution >= 4 is 43.9 Å². The Bertz CT molecular complexity index is 1620. The van der Waals surface area contributed by atoms with E-state index in [1.54, 1.807) is 10.7 Å². The molecule has 15 heteroatoms. The van der Waals surface area contributed by atoms with Crippen LogP contribution in [0.4, 0.5) is 14.5 Å². The van der Waals surface area contributed by atoms with Crippen LogP contribution in [0.1, 0.15) is 58.4 Å². The van der Waals surface area contributed by atoms with Crippen molar-refractivity contribution in [1.29, 1.82) is 5.26 Å². The Balaban J connectivity index is 1.66. The largest absolute Gasteiger partial charge is 0.368 e. The number of hydrogen-bond acceptors (Lipinski definition) is 9. The monoisotopic (exact) mass is 606 g/mol. The summed E-state index contributed by atoms with van der Waals surface area (Å²) in [4.78, 5) is 16.5. The predicted octanol–water partition coefficient (Wildman–Crippen LogP) is 3.93. The average Bonchev–Trinajstić information content (AvgIpc) is 3.33. The number of likely N-dealkylation sites (N-methyl/N-ethyl adjacent to an activating group) is 1. The SMILES string of the molecule is CCN(CC1CCN1C(=O)C(C)C)c1cc(S(=O)(=O)NC2(C#N)CC2)cc2c(-c3nnc(C(F)F)s3)nn(CC)c12. The number of aryl methyl sites for hydroxylation is 1. The van der Waals surface area contributed by atoms with Crippen LogP contribution in [0.3, 0.4) is 0 Å². The molecule has 2 aliphatic rings. The molecular weight excluding hydrogens is 574 g/mol. The van der Waals surface area contributed by atoms with Crippen molar-refractivity contribution in [2.45, 2.75) is 76.4 Å². The molecule has 1 aromatic carbocycles. The van der Waals surface area contributed by atoms with Gasteiger partial charge in [0.25, 0.3) is 6.43 Å². The third-order valence-corrected chi connectivity index (χ3v) is 10.1. The highest BCUT2D eigenvalue weighted by Gasteiger charge is 2.47. The summed E-state index contributed by atoms with van der Waals surface area (Å²) in [6, 6.07) is 5.03. The Kier molecular flexibility index (Phi) is 7.77. The Hall–Kier alpha value is -3.22. The number of amides is 1. The zero-order chi connectivity index (χ0) is 29.7. The molecule has 2 fully saturated rings. The lowest BCUT2D eigenvalue weighted by atomic mass is 9.99. The summed E-state index contributed by atoms with van der Waals surface area (Å²) in [6.45, 7) is 9.63. The molecule has 0 bridgehead atoms. The van der Waals surface area contributed by atoms with Crippen LogP contribution >= 0.6 is 11.3 Å². The van der Waals surface area contributed by atoms with Crippen molar-refractivity contribution in [3.8, 4) is 16.8 Å². The number of carbonyl (C=O) groups excluding carboxylic acids is 1. The summed E-state index contributed by atoms with van der Waals surface area (Å²) in [5.74, 6) is -0.0654. The lowest BCUT2D eigenvalue weighted by Gasteiger charge is -2.44. The van der Waals surface area contributed by atoms with E-state index in [9.17, 15) is 27.3 Å². The van der Waals surface area contributed by atoms with Gasteiger partial charge >= 0.3 is 0 Å². The van der Waals surface area contributed by atoms with Gasteiger partial charge in [-0.1, -0.05) is 25.2 Å². The summed E-state index contributed by atoms with van der Waals surface area (Å²) in [6.07, 6.45) is -1.14. The Morgan fingerprint density at radius 2 is 2.02 bits per heavy atom. The van der Waals surface area contributed by atoms with Crippen molar-refractivity contribution < 1.29 is 22.0 Å². The maximum atomic E-state index is 13.6. The van der Waals surface area contributed by atoms with Gasteiger partial charge in [0.2, 0.25) is 15.9 Å². The molecule has 1 atom stereocenters. The molecule has 1 aliphatic carbocycles. The lowest BCUT2D eigenvalue weighted by Crippen LogP contribution is -2.57. The fourth-order valence-electron chi connectivity index (χ4n) is 5.05. The number of halogens is 2. The van der Waals surface area contributed by atoms with Gasteiger partial charge in [0.15, 0.2) is 10.0 Å². The van der Waals surface area contributed by atoms with Crippen molar-refractivity contribution in [1.82, 2.24) is 29.6 Å². The standard InChI is InChI=1S/C26H32F2N8O3S2/c1-5-34(13-16-7-10-35(16)25(37)15(3)4)19-12-17(41(38,39)33-26(14-29)8-9-26)11-18-20(32-36(6-2)21(18)19)23-30-31-24(40-23)22(27)28/h11-12,15-16,22,33H,5-10,13H2,1-4H3. The molecule has 11 nitrogen and oxygen atoms in total. The van der Waals surface area contributed by atoms with Gasteiger partial charge in [-0.3, -0.25) is 9.48 Å². The van der Waals surface area contributed by atoms with E-state index in [1.807, 2.05) is 37.5 Å². The second kappa shape index (κ2) is 10.9. The third kappa shape index (κ3) is 5.40. The quantitative estimate of drug-likeness (QED) is 0.347. The predicted molar refractivity (Wildman–Crippen MR) is 150 cm³/mol. The second-order valence-electron chi connectivity index (χ2n) is 10.7. The van der Waals surface area contributed by atoms with Gasteiger partial charge < -0.3 is 9.80 Å². The number of aromatic nitrogens is 4. The van der Waals surface area contributed by atoms with Crippen LogP contribution in [0.25, 0.3) is 21.6 Å². The van der Waals surface area contributed by atoms with Crippen molar-refractivity contribution in [3.63, 3.8) is 0 Å². The number of benzene rings is 1. The number of sulfonamides is 1. The highest BCUT2D eigenvalue weighted by atomic mass is 32.2. The number of hydrogen-bond donors (Lipinski definition) is 1. The third-order valence-electron chi connectivity index (χ3n) is 7.61. The molecule has 2 aromatic heterocycles. The van der Waals surface area contributed by atoms with Gasteiger partial charge in [0, 0.05) is 37.5 Å². The molecule has 1 unspecified atom stereocenters. The second-order valence-corrected chi connectivity index (χ2v) is 13.4. The smallest absolute Gasteiger partial charge is 0.291 e. The average molecular weight is 607 g/mol. The summed E-state index contributed by atoms with van der Waals surface area (Å²) >= 11 is 0.705. The first-order chi connectivity index (χ1) is 19.4. The van der Waals surface area contributed by atoms with Crippen LogP contribution in [0.15, 0.2) is 17.0 Å². The highest BCUT2D eigenvalue weighted by Crippen LogP contribution is 2.41. The number of fused-ring (bicyclic) bond motifs is 1. The van der Waals surface area contributed by atoms with Gasteiger partial charge in [-0.05, 0) is 45.2 Å². The van der Waals surface area contributed by atoms with Crippen LogP contribution in [-0.2, 0) is 21.4 Å². The molecule has 1 aliphatic heterocycles. The minimum absolute atomic E-state index is 0.0409. The van der Waals surface area contributed by atoms with E-state index in [0.717, 1.165) is 6.42 Å². The molecular formula is C26H32F2N8O3S2. The Morgan fingerprint density at radius 1 is 1.29 bits per heavy atom. The van der Waals surface area contributed by atoms with Crippen molar-refractivity contribution in [3.05, 3.63) is 17.1 Å². The fourth-order valence-corrected chi connectivity index (χ4v) is 7.17.